The Kier molecular flexibility index (Phi) is 4.47. The van der Waals surface area contributed by atoms with Crippen molar-refractivity contribution in [1.29, 1.82) is 0 Å². The smallest absolute Gasteiger partial charge is 0.0883 e. The Bertz CT molecular complexity index is 953. The van der Waals surface area contributed by atoms with E-state index in [2.05, 4.69) is 42.5 Å². The van der Waals surface area contributed by atoms with Gasteiger partial charge in [0.1, 0.15) is 0 Å². The van der Waals surface area contributed by atoms with Crippen LogP contribution in [-0.4, -0.2) is 13.3 Å². The minimum Gasteiger partial charge on any atom is -0.364 e. The van der Waals surface area contributed by atoms with Crippen molar-refractivity contribution >= 4 is 48.7 Å². The number of rotatable bonds is 2. The molecule has 3 radical (unpaired) electrons. The fraction of sp³-hybridized carbons (Fsp3) is 0. The number of hydrogen-bond donors (Lipinski definition) is 1. The molecule has 0 aliphatic heterocycles. The van der Waals surface area contributed by atoms with Gasteiger partial charge in [-0.1, -0.05) is 78.9 Å². The minimum atomic E-state index is -1.34. The van der Waals surface area contributed by atoms with E-state index in [-0.39, 0.29) is 8.41 Å². The van der Waals surface area contributed by atoms with E-state index in [4.69, 9.17) is 0 Å². The molecule has 0 heterocycles. The van der Waals surface area contributed by atoms with Crippen molar-refractivity contribution in [3.63, 3.8) is 0 Å². The van der Waals surface area contributed by atoms with Gasteiger partial charge in [-0.2, -0.15) is 0 Å². The molecule has 1 atom stereocenters. The summed E-state index contributed by atoms with van der Waals surface area (Å²) in [7, 11) is -1.34. The summed E-state index contributed by atoms with van der Waals surface area (Å²) in [6.07, 6.45) is 0. The van der Waals surface area contributed by atoms with Gasteiger partial charge in [0.05, 0.1) is 8.15 Å². The van der Waals surface area contributed by atoms with Crippen LogP contribution >= 0.6 is 8.15 Å². The molecular formula is C20H15BOP. The molecule has 3 heteroatoms. The molecule has 0 aliphatic rings. The zero-order valence-corrected chi connectivity index (χ0v) is 13.4. The zero-order valence-electron chi connectivity index (χ0n) is 12.6. The predicted molar refractivity (Wildman–Crippen MR) is 102 cm³/mol. The molecule has 0 amide bonds. The lowest BCUT2D eigenvalue weighted by Gasteiger charge is -2.16. The molecule has 23 heavy (non-hydrogen) atoms. The molecule has 4 rings (SSSR count). The fourth-order valence-electron chi connectivity index (χ4n) is 2.92. The monoisotopic (exact) mass is 313 g/mol. The van der Waals surface area contributed by atoms with Crippen LogP contribution in [0.5, 0.6) is 0 Å². The Balaban J connectivity index is 0.00000156. The third-order valence-corrected chi connectivity index (χ3v) is 5.59. The maximum atomic E-state index is 10.9. The molecule has 0 spiro atoms. The summed E-state index contributed by atoms with van der Waals surface area (Å²) < 4.78 is 0. The van der Waals surface area contributed by atoms with Gasteiger partial charge in [0.15, 0.2) is 0 Å². The van der Waals surface area contributed by atoms with E-state index in [1.807, 2.05) is 42.5 Å². The lowest BCUT2D eigenvalue weighted by Crippen LogP contribution is -2.12. The second-order valence-electron chi connectivity index (χ2n) is 5.31. The summed E-state index contributed by atoms with van der Waals surface area (Å²) in [5.41, 5.74) is 0. The highest BCUT2D eigenvalue weighted by Crippen LogP contribution is 2.35. The number of fused-ring (bicyclic) bond motifs is 3. The van der Waals surface area contributed by atoms with Gasteiger partial charge in [0.2, 0.25) is 0 Å². The maximum Gasteiger partial charge on any atom is 0.0883 e. The predicted octanol–water partition coefficient (Wildman–Crippen LogP) is 3.95. The van der Waals surface area contributed by atoms with E-state index in [1.165, 1.54) is 16.2 Å². The summed E-state index contributed by atoms with van der Waals surface area (Å²) in [5, 5.41) is 6.76. The second kappa shape index (κ2) is 6.54. The van der Waals surface area contributed by atoms with Crippen LogP contribution in [0.4, 0.5) is 0 Å². The van der Waals surface area contributed by atoms with Crippen LogP contribution in [0.25, 0.3) is 21.5 Å². The number of hydrogen-bond acceptors (Lipinski definition) is 1. The fourth-order valence-corrected chi connectivity index (χ4v) is 4.34. The first-order valence-electron chi connectivity index (χ1n) is 7.29. The van der Waals surface area contributed by atoms with Crippen molar-refractivity contribution in [1.82, 2.24) is 0 Å². The molecular weight excluding hydrogens is 298 g/mol. The van der Waals surface area contributed by atoms with E-state index in [0.717, 1.165) is 16.0 Å². The molecule has 1 unspecified atom stereocenters. The van der Waals surface area contributed by atoms with Gasteiger partial charge in [-0.25, -0.2) is 0 Å². The van der Waals surface area contributed by atoms with E-state index in [0.29, 0.717) is 0 Å². The van der Waals surface area contributed by atoms with Crippen molar-refractivity contribution in [3.8, 4) is 0 Å². The summed E-state index contributed by atoms with van der Waals surface area (Å²) >= 11 is 0. The molecule has 0 aromatic heterocycles. The van der Waals surface area contributed by atoms with Crippen molar-refractivity contribution in [2.75, 3.05) is 0 Å². The molecule has 0 aliphatic carbocycles. The summed E-state index contributed by atoms with van der Waals surface area (Å²) in [6, 6.07) is 28.7. The van der Waals surface area contributed by atoms with Gasteiger partial charge in [0.25, 0.3) is 0 Å². The highest BCUT2D eigenvalue weighted by atomic mass is 31.1. The normalized spacial score (nSPS) is 12.0. The molecule has 0 fully saturated rings. The Hall–Kier alpha value is -2.15. The molecule has 1 nitrogen and oxygen atoms in total. The lowest BCUT2D eigenvalue weighted by atomic mass is 10.0. The van der Waals surface area contributed by atoms with E-state index >= 15 is 0 Å². The van der Waals surface area contributed by atoms with Crippen LogP contribution in [0.1, 0.15) is 0 Å². The van der Waals surface area contributed by atoms with Gasteiger partial charge in [0, 0.05) is 19.0 Å². The minimum absolute atomic E-state index is 0. The summed E-state index contributed by atoms with van der Waals surface area (Å²) in [6.45, 7) is 0. The topological polar surface area (TPSA) is 20.2 Å². The molecule has 4 aromatic carbocycles. The Morgan fingerprint density at radius 2 is 1.17 bits per heavy atom. The molecule has 1 N–H and O–H groups in total. The highest BCUT2D eigenvalue weighted by Gasteiger charge is 2.15. The van der Waals surface area contributed by atoms with Crippen LogP contribution in [0.15, 0.2) is 84.9 Å². The van der Waals surface area contributed by atoms with Gasteiger partial charge < -0.3 is 4.89 Å². The second-order valence-corrected chi connectivity index (χ2v) is 6.93. The first-order chi connectivity index (χ1) is 10.8. The molecule has 0 saturated heterocycles. The Labute approximate surface area is 139 Å². The standard InChI is InChI=1S/C20H15OP.B/c21-22(16-9-2-1-3-10-16)20-14-15-8-4-5-11-17(15)18-12-6-7-13-19(18)20;/h1-14,21H;. The largest absolute Gasteiger partial charge is 0.364 e. The van der Waals surface area contributed by atoms with E-state index in [1.54, 1.807) is 0 Å². The Morgan fingerprint density at radius 1 is 0.609 bits per heavy atom. The number of benzene rings is 4. The SMILES string of the molecule is OP(c1ccccc1)c1cc2ccccc2c2ccccc12.[B]. The molecule has 4 aromatic rings. The van der Waals surface area contributed by atoms with Crippen molar-refractivity contribution < 1.29 is 4.89 Å². The first-order valence-corrected chi connectivity index (χ1v) is 8.58. The van der Waals surface area contributed by atoms with Crippen molar-refractivity contribution in [2.45, 2.75) is 0 Å². The van der Waals surface area contributed by atoms with Gasteiger partial charge >= 0.3 is 0 Å². The quantitative estimate of drug-likeness (QED) is 0.337. The van der Waals surface area contributed by atoms with Crippen LogP contribution in [-0.2, 0) is 0 Å². The summed E-state index contributed by atoms with van der Waals surface area (Å²) in [5.74, 6) is 0. The van der Waals surface area contributed by atoms with Crippen LogP contribution in [0.2, 0.25) is 0 Å². The summed E-state index contributed by atoms with van der Waals surface area (Å²) in [4.78, 5) is 10.9. The van der Waals surface area contributed by atoms with Crippen LogP contribution < -0.4 is 10.6 Å². The van der Waals surface area contributed by atoms with Crippen LogP contribution in [0.3, 0.4) is 0 Å². The molecule has 0 bridgehead atoms. The van der Waals surface area contributed by atoms with Gasteiger partial charge in [-0.15, -0.1) is 0 Å². The molecule has 0 saturated carbocycles. The van der Waals surface area contributed by atoms with Gasteiger partial charge in [-0.05, 0) is 27.6 Å². The third kappa shape index (κ3) is 2.76. The average molecular weight is 313 g/mol. The highest BCUT2D eigenvalue weighted by molar-refractivity contribution is 7.68. The first kappa shape index (κ1) is 15.7. The van der Waals surface area contributed by atoms with E-state index in [9.17, 15) is 4.89 Å². The van der Waals surface area contributed by atoms with Crippen LogP contribution in [0, 0.1) is 0 Å². The average Bonchev–Trinajstić information content (AvgIpc) is 2.61. The zero-order chi connectivity index (χ0) is 14.9. The maximum absolute atomic E-state index is 10.9. The van der Waals surface area contributed by atoms with E-state index < -0.39 is 8.15 Å². The Morgan fingerprint density at radius 3 is 1.91 bits per heavy atom. The van der Waals surface area contributed by atoms with Gasteiger partial charge in [-0.3, -0.25) is 0 Å². The lowest BCUT2D eigenvalue weighted by molar-refractivity contribution is 0.645. The molecule has 109 valence electrons. The van der Waals surface area contributed by atoms with Crippen molar-refractivity contribution in [2.24, 2.45) is 0 Å². The third-order valence-electron chi connectivity index (χ3n) is 3.98. The van der Waals surface area contributed by atoms with Crippen molar-refractivity contribution in [3.05, 3.63) is 84.9 Å².